The van der Waals surface area contributed by atoms with E-state index >= 15 is 0 Å². The largest absolute Gasteiger partial charge is 0.497 e. The molecule has 1 aliphatic rings. The molecule has 1 heterocycles. The number of aliphatic hydroxyl groups is 1. The Labute approximate surface area is 255 Å². The predicted octanol–water partition coefficient (Wildman–Crippen LogP) is 3.52. The third-order valence-corrected chi connectivity index (χ3v) is 7.15. The molecule has 44 heavy (non-hydrogen) atoms. The molecule has 0 radical (unpaired) electrons. The Balaban J connectivity index is 1.83. The van der Waals surface area contributed by atoms with Crippen LogP contribution in [0.25, 0.3) is 0 Å². The summed E-state index contributed by atoms with van der Waals surface area (Å²) in [6.45, 7) is 3.19. The summed E-state index contributed by atoms with van der Waals surface area (Å²) in [6.07, 6.45) is -7.03. The Morgan fingerprint density at radius 1 is 0.659 bits per heavy atom. The zero-order valence-corrected chi connectivity index (χ0v) is 25.1. The van der Waals surface area contributed by atoms with Gasteiger partial charge in [0.2, 0.25) is 0 Å². The standard InChI is InChI=1S/C33H36O11/c1-20(34)41-29-28(44-32(37)31(43-22(3)36)30(29)42-21(2)35)19-40-33(23-9-7-6-8-10-23,24-11-15-26(38-4)16-12-24)25-13-17-27(39-5)18-14-25/h6-18,28-32,37H,19H2,1-5H3/t28-,29-,30+,31+,32?/m1/s1. The molecule has 234 valence electrons. The lowest BCUT2D eigenvalue weighted by molar-refractivity contribution is -0.299. The van der Waals surface area contributed by atoms with Crippen molar-refractivity contribution in [2.45, 2.75) is 57.1 Å². The first-order chi connectivity index (χ1) is 21.1. The molecule has 11 nitrogen and oxygen atoms in total. The summed E-state index contributed by atoms with van der Waals surface area (Å²) in [5, 5.41) is 10.9. The van der Waals surface area contributed by atoms with Crippen LogP contribution in [0.4, 0.5) is 0 Å². The van der Waals surface area contributed by atoms with Crippen LogP contribution in [0.2, 0.25) is 0 Å². The highest BCUT2D eigenvalue weighted by Crippen LogP contribution is 2.42. The van der Waals surface area contributed by atoms with Crippen molar-refractivity contribution < 1.29 is 52.6 Å². The smallest absolute Gasteiger partial charge is 0.303 e. The molecule has 3 aromatic carbocycles. The second-order valence-corrected chi connectivity index (χ2v) is 10.1. The van der Waals surface area contributed by atoms with Crippen LogP contribution >= 0.6 is 0 Å². The molecular weight excluding hydrogens is 572 g/mol. The van der Waals surface area contributed by atoms with Gasteiger partial charge in [-0.1, -0.05) is 54.6 Å². The number of benzene rings is 3. The third-order valence-electron chi connectivity index (χ3n) is 7.15. The number of ether oxygens (including phenoxy) is 7. The molecule has 1 N–H and O–H groups in total. The first kappa shape index (κ1) is 32.5. The van der Waals surface area contributed by atoms with Crippen molar-refractivity contribution in [3.8, 4) is 11.5 Å². The Hall–Kier alpha value is -4.45. The lowest BCUT2D eigenvalue weighted by Gasteiger charge is -2.44. The van der Waals surface area contributed by atoms with Gasteiger partial charge in [-0.2, -0.15) is 0 Å². The van der Waals surface area contributed by atoms with Crippen LogP contribution in [0.15, 0.2) is 78.9 Å². The third kappa shape index (κ3) is 7.19. The number of aliphatic hydroxyl groups excluding tert-OH is 1. The average Bonchev–Trinajstić information content (AvgIpc) is 3.01. The molecule has 1 saturated heterocycles. The van der Waals surface area contributed by atoms with Gasteiger partial charge in [0.15, 0.2) is 24.6 Å². The molecule has 1 fully saturated rings. The number of carbonyl (C=O) groups excluding carboxylic acids is 3. The fourth-order valence-corrected chi connectivity index (χ4v) is 5.29. The van der Waals surface area contributed by atoms with Crippen molar-refractivity contribution in [3.05, 3.63) is 95.6 Å². The van der Waals surface area contributed by atoms with Crippen LogP contribution in [0.5, 0.6) is 11.5 Å². The minimum atomic E-state index is -1.73. The molecule has 4 rings (SSSR count). The number of carbonyl (C=O) groups is 3. The van der Waals surface area contributed by atoms with Crippen LogP contribution in [0, 0.1) is 0 Å². The van der Waals surface area contributed by atoms with E-state index in [0.717, 1.165) is 30.5 Å². The molecular formula is C33H36O11. The predicted molar refractivity (Wildman–Crippen MR) is 156 cm³/mol. The highest BCUT2D eigenvalue weighted by atomic mass is 16.7. The maximum atomic E-state index is 12.2. The summed E-state index contributed by atoms with van der Waals surface area (Å²) in [7, 11) is 3.14. The first-order valence-corrected chi connectivity index (χ1v) is 13.9. The van der Waals surface area contributed by atoms with Gasteiger partial charge in [-0.05, 0) is 41.0 Å². The summed E-state index contributed by atoms with van der Waals surface area (Å²) >= 11 is 0. The Bertz CT molecular complexity index is 1360. The topological polar surface area (TPSA) is 136 Å². The normalized spacial score (nSPS) is 21.5. The second kappa shape index (κ2) is 14.3. The summed E-state index contributed by atoms with van der Waals surface area (Å²) in [6, 6.07) is 24.2. The van der Waals surface area contributed by atoms with Gasteiger partial charge in [-0.3, -0.25) is 14.4 Å². The van der Waals surface area contributed by atoms with E-state index < -0.39 is 54.2 Å². The summed E-state index contributed by atoms with van der Waals surface area (Å²) in [5.41, 5.74) is 0.942. The van der Waals surface area contributed by atoms with E-state index in [1.807, 2.05) is 78.9 Å². The molecule has 11 heteroatoms. The van der Waals surface area contributed by atoms with Gasteiger partial charge in [0.05, 0.1) is 20.8 Å². The number of methoxy groups -OCH3 is 2. The minimum absolute atomic E-state index is 0.271. The van der Waals surface area contributed by atoms with Gasteiger partial charge in [-0.25, -0.2) is 0 Å². The van der Waals surface area contributed by atoms with Crippen molar-refractivity contribution >= 4 is 17.9 Å². The van der Waals surface area contributed by atoms with Crippen LogP contribution in [0.1, 0.15) is 37.5 Å². The highest BCUT2D eigenvalue weighted by molar-refractivity contribution is 5.68. The zero-order chi connectivity index (χ0) is 31.9. The average molecular weight is 609 g/mol. The van der Waals surface area contributed by atoms with Gasteiger partial charge in [0.1, 0.15) is 23.2 Å². The maximum Gasteiger partial charge on any atom is 0.303 e. The van der Waals surface area contributed by atoms with Gasteiger partial charge in [0, 0.05) is 20.8 Å². The van der Waals surface area contributed by atoms with Crippen molar-refractivity contribution in [2.75, 3.05) is 20.8 Å². The molecule has 0 amide bonds. The van der Waals surface area contributed by atoms with Crippen molar-refractivity contribution in [3.63, 3.8) is 0 Å². The van der Waals surface area contributed by atoms with Gasteiger partial charge in [0.25, 0.3) is 0 Å². The van der Waals surface area contributed by atoms with Crippen LogP contribution in [-0.2, 0) is 43.7 Å². The van der Waals surface area contributed by atoms with Crippen LogP contribution in [-0.4, -0.2) is 74.5 Å². The summed E-state index contributed by atoms with van der Waals surface area (Å²) < 4.78 is 39.7. The molecule has 3 aromatic rings. The molecule has 1 unspecified atom stereocenters. The summed E-state index contributed by atoms with van der Waals surface area (Å²) in [5.74, 6) is -0.931. The number of hydrogen-bond acceptors (Lipinski definition) is 11. The summed E-state index contributed by atoms with van der Waals surface area (Å²) in [4.78, 5) is 36.2. The lowest BCUT2D eigenvalue weighted by Crippen LogP contribution is -2.62. The first-order valence-electron chi connectivity index (χ1n) is 13.9. The van der Waals surface area contributed by atoms with Gasteiger partial charge >= 0.3 is 17.9 Å². The van der Waals surface area contributed by atoms with E-state index in [1.165, 1.54) is 6.92 Å². The van der Waals surface area contributed by atoms with E-state index in [9.17, 15) is 19.5 Å². The quantitative estimate of drug-likeness (QED) is 0.195. The molecule has 0 aliphatic carbocycles. The highest BCUT2D eigenvalue weighted by Gasteiger charge is 2.52. The molecule has 0 spiro atoms. The monoisotopic (exact) mass is 608 g/mol. The number of esters is 3. The fourth-order valence-electron chi connectivity index (χ4n) is 5.29. The minimum Gasteiger partial charge on any atom is -0.497 e. The van der Waals surface area contributed by atoms with Crippen LogP contribution in [0.3, 0.4) is 0 Å². The molecule has 1 aliphatic heterocycles. The van der Waals surface area contributed by atoms with Crippen molar-refractivity contribution in [2.24, 2.45) is 0 Å². The lowest BCUT2D eigenvalue weighted by atomic mass is 9.80. The number of hydrogen-bond donors (Lipinski definition) is 1. The van der Waals surface area contributed by atoms with Gasteiger partial charge < -0.3 is 38.3 Å². The molecule has 0 bridgehead atoms. The Morgan fingerprint density at radius 2 is 1.09 bits per heavy atom. The molecule has 5 atom stereocenters. The Kier molecular flexibility index (Phi) is 10.6. The van der Waals surface area contributed by atoms with E-state index in [0.29, 0.717) is 11.5 Å². The SMILES string of the molecule is COc1ccc(C(OC[C@H]2OC(O)[C@@H](OC(C)=O)[C@@H](OC(C)=O)[C@@H]2OC(C)=O)(c2ccccc2)c2ccc(OC)cc2)cc1. The van der Waals surface area contributed by atoms with E-state index in [2.05, 4.69) is 0 Å². The molecule has 0 saturated carbocycles. The number of rotatable bonds is 11. The van der Waals surface area contributed by atoms with Crippen molar-refractivity contribution in [1.82, 2.24) is 0 Å². The second-order valence-electron chi connectivity index (χ2n) is 10.1. The van der Waals surface area contributed by atoms with Crippen LogP contribution < -0.4 is 9.47 Å². The zero-order valence-electron chi connectivity index (χ0n) is 25.1. The fraction of sp³-hybridized carbons (Fsp3) is 0.364. The maximum absolute atomic E-state index is 12.2. The van der Waals surface area contributed by atoms with E-state index in [-0.39, 0.29) is 6.61 Å². The molecule has 0 aromatic heterocycles. The van der Waals surface area contributed by atoms with Gasteiger partial charge in [-0.15, -0.1) is 0 Å². The van der Waals surface area contributed by atoms with E-state index in [4.69, 9.17) is 33.2 Å². The Morgan fingerprint density at radius 3 is 1.55 bits per heavy atom. The van der Waals surface area contributed by atoms with Crippen molar-refractivity contribution in [1.29, 1.82) is 0 Å². The van der Waals surface area contributed by atoms with E-state index in [1.54, 1.807) is 14.2 Å².